The Labute approximate surface area is 80.1 Å². The predicted molar refractivity (Wildman–Crippen MR) is 46.2 cm³/mol. The topological polar surface area (TPSA) is 66.8 Å². The number of hydrogen-bond donors (Lipinski definition) is 2. The molecule has 4 nitrogen and oxygen atoms in total. The van der Waals surface area contributed by atoms with Crippen LogP contribution in [0.25, 0.3) is 0 Å². The molecule has 0 spiro atoms. The summed E-state index contributed by atoms with van der Waals surface area (Å²) in [4.78, 5) is 10.7. The SMILES string of the molecule is O=C(CCl)OC1(O)C=CC(O)=CC1. The zero-order valence-corrected chi connectivity index (χ0v) is 7.49. The first-order valence-corrected chi connectivity index (χ1v) is 4.18. The van der Waals surface area contributed by atoms with Gasteiger partial charge in [0, 0.05) is 6.42 Å². The number of hydrogen-bond acceptors (Lipinski definition) is 4. The molecule has 1 atom stereocenters. The van der Waals surface area contributed by atoms with Gasteiger partial charge in [0.1, 0.15) is 11.6 Å². The standard InChI is InChI=1S/C8H9ClO4/c9-5-7(11)13-8(12)3-1-6(10)2-4-8/h1-3,10,12H,4-5H2. The van der Waals surface area contributed by atoms with E-state index in [1.54, 1.807) is 0 Å². The van der Waals surface area contributed by atoms with Crippen molar-refractivity contribution in [2.45, 2.75) is 12.2 Å². The molecule has 0 amide bonds. The van der Waals surface area contributed by atoms with Crippen molar-refractivity contribution in [2.75, 3.05) is 5.88 Å². The lowest BCUT2D eigenvalue weighted by atomic mass is 10.1. The minimum Gasteiger partial charge on any atom is -0.508 e. The third-order valence-electron chi connectivity index (χ3n) is 1.52. The maximum atomic E-state index is 10.7. The highest BCUT2D eigenvalue weighted by atomic mass is 35.5. The first kappa shape index (κ1) is 10.1. The van der Waals surface area contributed by atoms with E-state index in [1.165, 1.54) is 18.2 Å². The minimum atomic E-state index is -1.67. The third kappa shape index (κ3) is 2.75. The fourth-order valence-corrected chi connectivity index (χ4v) is 0.957. The number of halogens is 1. The van der Waals surface area contributed by atoms with E-state index < -0.39 is 11.8 Å². The second-order valence-corrected chi connectivity index (χ2v) is 2.89. The lowest BCUT2D eigenvalue weighted by Gasteiger charge is -2.24. The minimum absolute atomic E-state index is 0.0258. The fourth-order valence-electron chi connectivity index (χ4n) is 0.903. The van der Waals surface area contributed by atoms with Crippen molar-refractivity contribution in [3.8, 4) is 0 Å². The van der Waals surface area contributed by atoms with E-state index >= 15 is 0 Å². The molecule has 1 rings (SSSR count). The van der Waals surface area contributed by atoms with Crippen LogP contribution in [0.3, 0.4) is 0 Å². The quantitative estimate of drug-likeness (QED) is 0.398. The van der Waals surface area contributed by atoms with Crippen LogP contribution in [0.2, 0.25) is 0 Å². The van der Waals surface area contributed by atoms with Gasteiger partial charge in [-0.25, -0.2) is 0 Å². The van der Waals surface area contributed by atoms with Crippen LogP contribution in [-0.4, -0.2) is 27.8 Å². The number of esters is 1. The maximum Gasteiger partial charge on any atom is 0.323 e. The highest BCUT2D eigenvalue weighted by Gasteiger charge is 2.29. The molecule has 0 heterocycles. The Kier molecular flexibility index (Phi) is 2.95. The first-order chi connectivity index (χ1) is 6.06. The maximum absolute atomic E-state index is 10.7. The van der Waals surface area contributed by atoms with Crippen molar-refractivity contribution in [1.82, 2.24) is 0 Å². The molecule has 0 aromatic carbocycles. The molecule has 2 N–H and O–H groups in total. The summed E-state index contributed by atoms with van der Waals surface area (Å²) in [5, 5.41) is 18.5. The third-order valence-corrected chi connectivity index (χ3v) is 1.74. The van der Waals surface area contributed by atoms with Crippen molar-refractivity contribution in [1.29, 1.82) is 0 Å². The van der Waals surface area contributed by atoms with Gasteiger partial charge in [0.25, 0.3) is 0 Å². The van der Waals surface area contributed by atoms with E-state index in [1.807, 2.05) is 0 Å². The van der Waals surface area contributed by atoms with Gasteiger partial charge in [-0.3, -0.25) is 4.79 Å². The smallest absolute Gasteiger partial charge is 0.323 e. The second kappa shape index (κ2) is 3.81. The lowest BCUT2D eigenvalue weighted by Crippen LogP contribution is -2.33. The van der Waals surface area contributed by atoms with E-state index in [0.717, 1.165) is 0 Å². The zero-order chi connectivity index (χ0) is 9.90. The van der Waals surface area contributed by atoms with Gasteiger partial charge in [-0.05, 0) is 18.2 Å². The van der Waals surface area contributed by atoms with E-state index in [-0.39, 0.29) is 18.1 Å². The van der Waals surface area contributed by atoms with Gasteiger partial charge >= 0.3 is 5.97 Å². The highest BCUT2D eigenvalue weighted by molar-refractivity contribution is 6.26. The Morgan fingerprint density at radius 1 is 1.77 bits per heavy atom. The summed E-state index contributed by atoms with van der Waals surface area (Å²) in [5.74, 6) is -2.65. The number of alkyl halides is 1. The summed E-state index contributed by atoms with van der Waals surface area (Å²) in [7, 11) is 0. The molecular formula is C8H9ClO4. The van der Waals surface area contributed by atoms with Gasteiger partial charge in [0.05, 0.1) is 0 Å². The number of rotatable bonds is 2. The van der Waals surface area contributed by atoms with Crippen LogP contribution >= 0.6 is 11.6 Å². The van der Waals surface area contributed by atoms with Crippen molar-refractivity contribution in [3.05, 3.63) is 24.0 Å². The zero-order valence-electron chi connectivity index (χ0n) is 6.74. The number of carbonyl (C=O) groups is 1. The van der Waals surface area contributed by atoms with Gasteiger partial charge in [0.2, 0.25) is 5.79 Å². The Bertz CT molecular complexity index is 271. The lowest BCUT2D eigenvalue weighted by molar-refractivity contribution is -0.186. The molecule has 0 aromatic heterocycles. The van der Waals surface area contributed by atoms with E-state index in [4.69, 9.17) is 16.7 Å². The summed E-state index contributed by atoms with van der Waals surface area (Å²) in [6.07, 6.45) is 3.83. The normalized spacial score (nSPS) is 26.8. The summed E-state index contributed by atoms with van der Waals surface area (Å²) < 4.78 is 4.62. The van der Waals surface area contributed by atoms with Gasteiger partial charge in [-0.15, -0.1) is 11.6 Å². The van der Waals surface area contributed by atoms with Crippen LogP contribution in [0.1, 0.15) is 6.42 Å². The summed E-state index contributed by atoms with van der Waals surface area (Å²) in [6.45, 7) is 0. The van der Waals surface area contributed by atoms with E-state index in [0.29, 0.717) is 0 Å². The number of ether oxygens (including phenoxy) is 1. The van der Waals surface area contributed by atoms with Crippen molar-refractivity contribution < 1.29 is 19.7 Å². The average molecular weight is 205 g/mol. The summed E-state index contributed by atoms with van der Waals surface area (Å²) >= 11 is 5.19. The monoisotopic (exact) mass is 204 g/mol. The highest BCUT2D eigenvalue weighted by Crippen LogP contribution is 2.21. The largest absolute Gasteiger partial charge is 0.508 e. The molecule has 1 unspecified atom stereocenters. The molecule has 13 heavy (non-hydrogen) atoms. The molecule has 0 aliphatic heterocycles. The van der Waals surface area contributed by atoms with Crippen molar-refractivity contribution >= 4 is 17.6 Å². The van der Waals surface area contributed by atoms with Crippen LogP contribution in [0.4, 0.5) is 0 Å². The first-order valence-electron chi connectivity index (χ1n) is 3.64. The molecule has 0 saturated heterocycles. The van der Waals surface area contributed by atoms with Crippen LogP contribution in [0.5, 0.6) is 0 Å². The number of carbonyl (C=O) groups excluding carboxylic acids is 1. The Morgan fingerprint density at radius 2 is 2.46 bits per heavy atom. The fraction of sp³-hybridized carbons (Fsp3) is 0.375. The summed E-state index contributed by atoms with van der Waals surface area (Å²) in [6, 6.07) is 0. The Morgan fingerprint density at radius 3 is 2.92 bits per heavy atom. The van der Waals surface area contributed by atoms with Gasteiger partial charge in [-0.2, -0.15) is 0 Å². The van der Waals surface area contributed by atoms with E-state index in [2.05, 4.69) is 4.74 Å². The molecule has 5 heteroatoms. The van der Waals surface area contributed by atoms with Crippen LogP contribution in [0, 0.1) is 0 Å². The molecule has 0 bridgehead atoms. The molecule has 0 radical (unpaired) electrons. The Balaban J connectivity index is 2.60. The molecule has 0 fully saturated rings. The van der Waals surface area contributed by atoms with Crippen LogP contribution in [-0.2, 0) is 9.53 Å². The Hall–Kier alpha value is -1.00. The second-order valence-electron chi connectivity index (χ2n) is 2.62. The van der Waals surface area contributed by atoms with E-state index in [9.17, 15) is 9.90 Å². The molecule has 1 aliphatic rings. The number of allylic oxidation sites excluding steroid dienone is 1. The number of aliphatic hydroxyl groups excluding tert-OH is 1. The van der Waals surface area contributed by atoms with Gasteiger partial charge in [0.15, 0.2) is 0 Å². The molecule has 1 aliphatic carbocycles. The van der Waals surface area contributed by atoms with Crippen LogP contribution < -0.4 is 0 Å². The number of aliphatic hydroxyl groups is 2. The van der Waals surface area contributed by atoms with Gasteiger partial charge in [-0.1, -0.05) is 0 Å². The van der Waals surface area contributed by atoms with Gasteiger partial charge < -0.3 is 14.9 Å². The van der Waals surface area contributed by atoms with Crippen LogP contribution in [0.15, 0.2) is 24.0 Å². The van der Waals surface area contributed by atoms with Crippen molar-refractivity contribution in [2.24, 2.45) is 0 Å². The molecular weight excluding hydrogens is 196 g/mol. The predicted octanol–water partition coefficient (Wildman–Crippen LogP) is 0.859. The van der Waals surface area contributed by atoms with Crippen molar-refractivity contribution in [3.63, 3.8) is 0 Å². The average Bonchev–Trinajstić information content (AvgIpc) is 2.10. The summed E-state index contributed by atoms with van der Waals surface area (Å²) in [5.41, 5.74) is 0. The molecule has 72 valence electrons. The molecule has 0 saturated carbocycles. The molecule has 0 aromatic rings.